The molecule has 4 nitrogen and oxygen atoms in total. The van der Waals surface area contributed by atoms with E-state index in [2.05, 4.69) is 24.5 Å². The highest BCUT2D eigenvalue weighted by Gasteiger charge is 2.45. The van der Waals surface area contributed by atoms with Crippen LogP contribution in [0.1, 0.15) is 40.0 Å². The lowest BCUT2D eigenvalue weighted by atomic mass is 9.76. The minimum Gasteiger partial charge on any atom is -0.338 e. The average Bonchev–Trinajstić information content (AvgIpc) is 2.18. The maximum Gasteiger partial charge on any atom is 0.237 e. The summed E-state index contributed by atoms with van der Waals surface area (Å²) in [5.74, 6) is 0.278. The molecule has 0 bridgehead atoms. The average molecular weight is 212 g/mol. The fourth-order valence-corrected chi connectivity index (χ4v) is 1.91. The lowest BCUT2D eigenvalue weighted by Gasteiger charge is -2.34. The van der Waals surface area contributed by atoms with Crippen LogP contribution in [-0.4, -0.2) is 18.5 Å². The van der Waals surface area contributed by atoms with Crippen molar-refractivity contribution in [2.45, 2.75) is 40.0 Å². The number of carbonyl (C=O) groups is 2. The third-order valence-electron chi connectivity index (χ3n) is 3.12. The molecule has 0 radical (unpaired) electrons. The van der Waals surface area contributed by atoms with E-state index in [-0.39, 0.29) is 18.5 Å². The summed E-state index contributed by atoms with van der Waals surface area (Å²) in [5.41, 5.74) is -0.831. The molecule has 1 aliphatic heterocycles. The number of nitrogens with one attached hydrogen (secondary N) is 2. The van der Waals surface area contributed by atoms with E-state index in [0.29, 0.717) is 18.8 Å². The predicted octanol–water partition coefficient (Wildman–Crippen LogP) is 1.02. The molecular weight excluding hydrogens is 192 g/mol. The second-order valence-electron chi connectivity index (χ2n) is 4.56. The minimum absolute atomic E-state index is 0.116. The SMILES string of the molecule is CCC1(CCC(C)C)C(=O)NCNC1=O. The second kappa shape index (κ2) is 4.64. The van der Waals surface area contributed by atoms with Gasteiger partial charge in [0, 0.05) is 0 Å². The van der Waals surface area contributed by atoms with Gasteiger partial charge in [0.15, 0.2) is 0 Å². The number of hydrogen-bond acceptors (Lipinski definition) is 2. The maximum absolute atomic E-state index is 11.8. The molecule has 1 aliphatic rings. The molecule has 2 N–H and O–H groups in total. The molecule has 0 aromatic rings. The Morgan fingerprint density at radius 2 is 1.80 bits per heavy atom. The van der Waals surface area contributed by atoms with Crippen LogP contribution in [-0.2, 0) is 9.59 Å². The molecule has 0 aromatic heterocycles. The topological polar surface area (TPSA) is 58.2 Å². The molecule has 0 saturated carbocycles. The zero-order chi connectivity index (χ0) is 11.5. The Morgan fingerprint density at radius 3 is 2.20 bits per heavy atom. The smallest absolute Gasteiger partial charge is 0.237 e. The van der Waals surface area contributed by atoms with Gasteiger partial charge in [0.05, 0.1) is 6.67 Å². The third kappa shape index (κ3) is 2.30. The first-order chi connectivity index (χ1) is 7.03. The molecule has 86 valence electrons. The third-order valence-corrected chi connectivity index (χ3v) is 3.12. The van der Waals surface area contributed by atoms with Gasteiger partial charge < -0.3 is 10.6 Å². The van der Waals surface area contributed by atoms with E-state index in [4.69, 9.17) is 0 Å². The number of amides is 2. The fraction of sp³-hybridized carbons (Fsp3) is 0.818. The second-order valence-corrected chi connectivity index (χ2v) is 4.56. The molecule has 0 atom stereocenters. The Labute approximate surface area is 90.8 Å². The Morgan fingerprint density at radius 1 is 1.27 bits per heavy atom. The largest absolute Gasteiger partial charge is 0.338 e. The van der Waals surface area contributed by atoms with Crippen LogP contribution in [0.25, 0.3) is 0 Å². The zero-order valence-corrected chi connectivity index (χ0v) is 9.72. The van der Waals surface area contributed by atoms with Crippen LogP contribution in [0.3, 0.4) is 0 Å². The van der Waals surface area contributed by atoms with Crippen molar-refractivity contribution in [1.82, 2.24) is 10.6 Å². The van der Waals surface area contributed by atoms with Gasteiger partial charge in [-0.05, 0) is 25.2 Å². The van der Waals surface area contributed by atoms with E-state index in [1.54, 1.807) is 0 Å². The van der Waals surface area contributed by atoms with Crippen LogP contribution in [0, 0.1) is 11.3 Å². The van der Waals surface area contributed by atoms with Crippen molar-refractivity contribution >= 4 is 11.8 Å². The predicted molar refractivity (Wildman–Crippen MR) is 57.9 cm³/mol. The van der Waals surface area contributed by atoms with Gasteiger partial charge >= 0.3 is 0 Å². The van der Waals surface area contributed by atoms with Gasteiger partial charge in [-0.1, -0.05) is 20.8 Å². The van der Waals surface area contributed by atoms with Crippen molar-refractivity contribution in [2.24, 2.45) is 11.3 Å². The number of hydrogen-bond donors (Lipinski definition) is 2. The molecule has 2 amide bonds. The molecular formula is C11H20N2O2. The lowest BCUT2D eigenvalue weighted by molar-refractivity contribution is -0.148. The maximum atomic E-state index is 11.8. The first kappa shape index (κ1) is 12.0. The summed E-state index contributed by atoms with van der Waals surface area (Å²) in [6.45, 7) is 6.36. The Hall–Kier alpha value is -1.06. The zero-order valence-electron chi connectivity index (χ0n) is 9.72. The molecule has 0 unspecified atom stereocenters. The van der Waals surface area contributed by atoms with E-state index < -0.39 is 5.41 Å². The molecule has 1 saturated heterocycles. The molecule has 0 aliphatic carbocycles. The van der Waals surface area contributed by atoms with Crippen molar-refractivity contribution in [3.05, 3.63) is 0 Å². The summed E-state index contributed by atoms with van der Waals surface area (Å²) < 4.78 is 0. The van der Waals surface area contributed by atoms with Crippen molar-refractivity contribution in [3.63, 3.8) is 0 Å². The molecule has 1 rings (SSSR count). The summed E-state index contributed by atoms with van der Waals surface area (Å²) in [4.78, 5) is 23.6. The first-order valence-electron chi connectivity index (χ1n) is 5.59. The number of rotatable bonds is 4. The summed E-state index contributed by atoms with van der Waals surface area (Å²) in [5, 5.41) is 5.41. The van der Waals surface area contributed by atoms with Crippen molar-refractivity contribution in [2.75, 3.05) is 6.67 Å². The molecule has 0 aromatic carbocycles. The quantitative estimate of drug-likeness (QED) is 0.684. The molecule has 4 heteroatoms. The highest BCUT2D eigenvalue weighted by molar-refractivity contribution is 6.06. The van der Waals surface area contributed by atoms with Crippen molar-refractivity contribution in [1.29, 1.82) is 0 Å². The van der Waals surface area contributed by atoms with E-state index in [9.17, 15) is 9.59 Å². The van der Waals surface area contributed by atoms with Gasteiger partial charge in [-0.3, -0.25) is 9.59 Å². The first-order valence-corrected chi connectivity index (χ1v) is 5.59. The van der Waals surface area contributed by atoms with Gasteiger partial charge in [0.2, 0.25) is 11.8 Å². The summed E-state index contributed by atoms with van der Waals surface area (Å²) in [6, 6.07) is 0. The van der Waals surface area contributed by atoms with Crippen LogP contribution < -0.4 is 10.6 Å². The van der Waals surface area contributed by atoms with Crippen molar-refractivity contribution in [3.8, 4) is 0 Å². The molecule has 1 heterocycles. The molecule has 1 fully saturated rings. The van der Waals surface area contributed by atoms with Gasteiger partial charge in [-0.15, -0.1) is 0 Å². The van der Waals surface area contributed by atoms with Crippen LogP contribution in [0.2, 0.25) is 0 Å². The van der Waals surface area contributed by atoms with Gasteiger partial charge in [-0.25, -0.2) is 0 Å². The van der Waals surface area contributed by atoms with E-state index >= 15 is 0 Å². The van der Waals surface area contributed by atoms with Gasteiger partial charge in [0.25, 0.3) is 0 Å². The standard InChI is InChI=1S/C11H20N2O2/c1-4-11(6-5-8(2)3)9(14)12-7-13-10(11)15/h8H,4-7H2,1-3H3,(H,12,14)(H,13,15). The van der Waals surface area contributed by atoms with E-state index in [1.807, 2.05) is 6.92 Å². The highest BCUT2D eigenvalue weighted by atomic mass is 16.2. The van der Waals surface area contributed by atoms with Gasteiger partial charge in [-0.2, -0.15) is 0 Å². The molecule has 0 spiro atoms. The van der Waals surface area contributed by atoms with E-state index in [0.717, 1.165) is 6.42 Å². The monoisotopic (exact) mass is 212 g/mol. The fourth-order valence-electron chi connectivity index (χ4n) is 1.91. The van der Waals surface area contributed by atoms with Crippen molar-refractivity contribution < 1.29 is 9.59 Å². The lowest BCUT2D eigenvalue weighted by Crippen LogP contribution is -2.59. The Kier molecular flexibility index (Phi) is 3.72. The Bertz CT molecular complexity index is 245. The van der Waals surface area contributed by atoms with Gasteiger partial charge in [0.1, 0.15) is 5.41 Å². The normalized spacial score (nSPS) is 20.0. The summed E-state index contributed by atoms with van der Waals surface area (Å²) in [7, 11) is 0. The van der Waals surface area contributed by atoms with Crippen LogP contribution in [0.4, 0.5) is 0 Å². The van der Waals surface area contributed by atoms with Crippen LogP contribution >= 0.6 is 0 Å². The minimum atomic E-state index is -0.831. The summed E-state index contributed by atoms with van der Waals surface area (Å²) >= 11 is 0. The highest BCUT2D eigenvalue weighted by Crippen LogP contribution is 2.31. The Balaban J connectivity index is 2.79. The summed E-state index contributed by atoms with van der Waals surface area (Å²) in [6.07, 6.45) is 2.10. The van der Waals surface area contributed by atoms with E-state index in [1.165, 1.54) is 0 Å². The van der Waals surface area contributed by atoms with Crippen LogP contribution in [0.5, 0.6) is 0 Å². The molecule has 15 heavy (non-hydrogen) atoms. The number of carbonyl (C=O) groups excluding carboxylic acids is 2. The van der Waals surface area contributed by atoms with Crippen LogP contribution in [0.15, 0.2) is 0 Å².